The van der Waals surface area contributed by atoms with Gasteiger partial charge < -0.3 is 5.32 Å². The van der Waals surface area contributed by atoms with E-state index in [2.05, 4.69) is 5.32 Å². The maximum absolute atomic E-state index is 13.3. The number of benzene rings is 3. The Hall–Kier alpha value is -2.54. The van der Waals surface area contributed by atoms with Crippen molar-refractivity contribution in [3.8, 4) is 0 Å². The van der Waals surface area contributed by atoms with Crippen LogP contribution in [0, 0.1) is 6.92 Å². The Balaban J connectivity index is 1.99. The molecule has 3 rings (SSSR count). The smallest absolute Gasteiger partial charge is 0.264 e. The van der Waals surface area contributed by atoms with E-state index in [0.29, 0.717) is 27.0 Å². The minimum atomic E-state index is -4.00. The van der Waals surface area contributed by atoms with Crippen LogP contribution >= 0.6 is 23.2 Å². The van der Waals surface area contributed by atoms with Gasteiger partial charge in [-0.1, -0.05) is 53.5 Å². The van der Waals surface area contributed by atoms with Crippen molar-refractivity contribution >= 4 is 50.5 Å². The van der Waals surface area contributed by atoms with Gasteiger partial charge in [-0.2, -0.15) is 0 Å². The van der Waals surface area contributed by atoms with Gasteiger partial charge in [0, 0.05) is 15.7 Å². The molecule has 1 amide bonds. The summed E-state index contributed by atoms with van der Waals surface area (Å²) >= 11 is 12.1. The second-order valence-corrected chi connectivity index (χ2v) is 8.97. The molecule has 0 spiro atoms. The van der Waals surface area contributed by atoms with E-state index in [9.17, 15) is 13.2 Å². The predicted octanol–water partition coefficient (Wildman–Crippen LogP) is 5.14. The summed E-state index contributed by atoms with van der Waals surface area (Å²) in [5.41, 5.74) is 1.37. The van der Waals surface area contributed by atoms with Gasteiger partial charge in [0.15, 0.2) is 0 Å². The quantitative estimate of drug-likeness (QED) is 0.567. The molecule has 0 aliphatic rings. The highest BCUT2D eigenvalue weighted by molar-refractivity contribution is 7.92. The third-order valence-electron chi connectivity index (χ3n) is 4.23. The summed E-state index contributed by atoms with van der Waals surface area (Å²) in [7, 11) is -4.00. The molecule has 0 aliphatic carbocycles. The molecule has 0 fully saturated rings. The summed E-state index contributed by atoms with van der Waals surface area (Å²) < 4.78 is 27.7. The zero-order valence-corrected chi connectivity index (χ0v) is 17.8. The second kappa shape index (κ2) is 8.86. The van der Waals surface area contributed by atoms with Gasteiger partial charge in [0.25, 0.3) is 10.0 Å². The van der Waals surface area contributed by atoms with E-state index in [1.165, 1.54) is 12.1 Å². The Morgan fingerprint density at radius 1 is 0.966 bits per heavy atom. The van der Waals surface area contributed by atoms with Crippen LogP contribution in [0.1, 0.15) is 5.56 Å². The molecule has 0 aliphatic heterocycles. The number of sulfonamides is 1. The van der Waals surface area contributed by atoms with Gasteiger partial charge in [-0.3, -0.25) is 9.10 Å². The monoisotopic (exact) mass is 448 g/mol. The van der Waals surface area contributed by atoms with Crippen LogP contribution in [-0.2, 0) is 14.8 Å². The number of rotatable bonds is 6. The lowest BCUT2D eigenvalue weighted by Crippen LogP contribution is -2.38. The number of halogens is 2. The van der Waals surface area contributed by atoms with Crippen molar-refractivity contribution in [2.45, 2.75) is 11.8 Å². The molecule has 0 radical (unpaired) electrons. The van der Waals surface area contributed by atoms with Crippen molar-refractivity contribution < 1.29 is 13.2 Å². The number of hydrogen-bond acceptors (Lipinski definition) is 3. The Bertz CT molecular complexity index is 1140. The summed E-state index contributed by atoms with van der Waals surface area (Å²) in [5.74, 6) is -0.508. The summed E-state index contributed by atoms with van der Waals surface area (Å²) in [6, 6.07) is 19.5. The molecule has 29 heavy (non-hydrogen) atoms. The predicted molar refractivity (Wildman–Crippen MR) is 117 cm³/mol. The molecule has 0 atom stereocenters. The number of amides is 1. The normalized spacial score (nSPS) is 11.1. The van der Waals surface area contributed by atoms with Crippen LogP contribution in [0.5, 0.6) is 0 Å². The molecule has 0 saturated heterocycles. The zero-order chi connectivity index (χ0) is 21.0. The van der Waals surface area contributed by atoms with Crippen molar-refractivity contribution in [1.82, 2.24) is 0 Å². The third-order valence-corrected chi connectivity index (χ3v) is 6.65. The number of anilines is 2. The van der Waals surface area contributed by atoms with E-state index in [-0.39, 0.29) is 4.90 Å². The van der Waals surface area contributed by atoms with Crippen LogP contribution < -0.4 is 9.62 Å². The van der Waals surface area contributed by atoms with E-state index in [0.717, 1.165) is 4.31 Å². The fourth-order valence-electron chi connectivity index (χ4n) is 2.78. The number of carbonyl (C=O) groups is 1. The van der Waals surface area contributed by atoms with E-state index in [4.69, 9.17) is 23.2 Å². The minimum absolute atomic E-state index is 0.0786. The number of nitrogens with one attached hydrogen (secondary N) is 1. The fourth-order valence-corrected chi connectivity index (χ4v) is 4.64. The first-order valence-corrected chi connectivity index (χ1v) is 10.9. The summed E-state index contributed by atoms with van der Waals surface area (Å²) in [5, 5.41) is 3.55. The van der Waals surface area contributed by atoms with Gasteiger partial charge in [0.05, 0.1) is 10.6 Å². The molecular weight excluding hydrogens is 431 g/mol. The molecular formula is C21H18Cl2N2O3S. The standard InChI is InChI=1S/C21H18Cl2N2O3S/c1-15-19(23)11-6-12-20(15)25(29(27,28)18-9-3-2-4-10-18)14-21(26)24-17-8-5-7-16(22)13-17/h2-13H,14H2,1H3,(H,24,26). The number of nitrogens with zero attached hydrogens (tertiary/aromatic N) is 1. The van der Waals surface area contributed by atoms with Gasteiger partial charge in [-0.25, -0.2) is 8.42 Å². The minimum Gasteiger partial charge on any atom is -0.324 e. The summed E-state index contributed by atoms with van der Waals surface area (Å²) in [6.07, 6.45) is 0. The maximum atomic E-state index is 13.3. The van der Waals surface area contributed by atoms with Crippen LogP contribution in [0.15, 0.2) is 77.7 Å². The van der Waals surface area contributed by atoms with Crippen LogP contribution in [0.3, 0.4) is 0 Å². The van der Waals surface area contributed by atoms with Crippen LogP contribution in [0.25, 0.3) is 0 Å². The SMILES string of the molecule is Cc1c(Cl)cccc1N(CC(=O)Nc1cccc(Cl)c1)S(=O)(=O)c1ccccc1. The average Bonchev–Trinajstić information content (AvgIpc) is 2.69. The molecule has 0 heterocycles. The van der Waals surface area contributed by atoms with E-state index in [1.54, 1.807) is 67.6 Å². The highest BCUT2D eigenvalue weighted by Crippen LogP contribution is 2.30. The molecule has 8 heteroatoms. The molecule has 3 aromatic carbocycles. The van der Waals surface area contributed by atoms with Gasteiger partial charge in [0.1, 0.15) is 6.54 Å². The van der Waals surface area contributed by atoms with Gasteiger partial charge in [-0.05, 0) is 55.0 Å². The van der Waals surface area contributed by atoms with Crippen LogP contribution in [0.4, 0.5) is 11.4 Å². The Morgan fingerprint density at radius 3 is 2.34 bits per heavy atom. The van der Waals surface area contributed by atoms with Crippen molar-refractivity contribution in [3.63, 3.8) is 0 Å². The molecule has 0 aromatic heterocycles. The van der Waals surface area contributed by atoms with Crippen molar-refractivity contribution in [2.24, 2.45) is 0 Å². The Labute approximate surface area is 179 Å². The molecule has 1 N–H and O–H groups in total. The van der Waals surface area contributed by atoms with Crippen molar-refractivity contribution in [3.05, 3.63) is 88.4 Å². The topological polar surface area (TPSA) is 66.5 Å². The summed E-state index contributed by atoms with van der Waals surface area (Å²) in [6.45, 7) is 1.28. The number of carbonyl (C=O) groups excluding carboxylic acids is 1. The first-order valence-electron chi connectivity index (χ1n) is 8.67. The fraction of sp³-hybridized carbons (Fsp3) is 0.0952. The van der Waals surface area contributed by atoms with Gasteiger partial charge in [0.2, 0.25) is 5.91 Å². The average molecular weight is 449 g/mol. The number of hydrogen-bond donors (Lipinski definition) is 1. The highest BCUT2D eigenvalue weighted by atomic mass is 35.5. The largest absolute Gasteiger partial charge is 0.324 e. The molecule has 0 saturated carbocycles. The first kappa shape index (κ1) is 21.2. The molecule has 5 nitrogen and oxygen atoms in total. The lowest BCUT2D eigenvalue weighted by molar-refractivity contribution is -0.114. The molecule has 3 aromatic rings. The van der Waals surface area contributed by atoms with Crippen molar-refractivity contribution in [1.29, 1.82) is 0 Å². The van der Waals surface area contributed by atoms with E-state index < -0.39 is 22.5 Å². The van der Waals surface area contributed by atoms with Gasteiger partial charge in [-0.15, -0.1) is 0 Å². The van der Waals surface area contributed by atoms with E-state index in [1.807, 2.05) is 0 Å². The molecule has 150 valence electrons. The molecule has 0 bridgehead atoms. The zero-order valence-electron chi connectivity index (χ0n) is 15.5. The lowest BCUT2D eigenvalue weighted by Gasteiger charge is -2.26. The van der Waals surface area contributed by atoms with Crippen LogP contribution in [-0.4, -0.2) is 20.9 Å². The highest BCUT2D eigenvalue weighted by Gasteiger charge is 2.28. The Kier molecular flexibility index (Phi) is 6.47. The van der Waals surface area contributed by atoms with Crippen LogP contribution in [0.2, 0.25) is 10.0 Å². The third kappa shape index (κ3) is 4.90. The summed E-state index contributed by atoms with van der Waals surface area (Å²) in [4.78, 5) is 12.8. The van der Waals surface area contributed by atoms with Crippen molar-refractivity contribution in [2.75, 3.05) is 16.2 Å². The Morgan fingerprint density at radius 2 is 1.66 bits per heavy atom. The van der Waals surface area contributed by atoms with E-state index >= 15 is 0 Å². The lowest BCUT2D eigenvalue weighted by atomic mass is 10.2. The molecule has 0 unspecified atom stereocenters. The van der Waals surface area contributed by atoms with Gasteiger partial charge >= 0.3 is 0 Å². The second-order valence-electron chi connectivity index (χ2n) is 6.27. The maximum Gasteiger partial charge on any atom is 0.264 e. The first-order chi connectivity index (χ1) is 13.8.